The highest BCUT2D eigenvalue weighted by Crippen LogP contribution is 2.21. The number of rotatable bonds is 7. The molecule has 0 aliphatic rings. The van der Waals surface area contributed by atoms with Crippen LogP contribution in [0, 0.1) is 5.82 Å². The lowest BCUT2D eigenvalue weighted by molar-refractivity contribution is -0.0114. The number of hydrogen-bond donors (Lipinski definition) is 2. The Bertz CT molecular complexity index is 451. The molecule has 4 heteroatoms. The van der Waals surface area contributed by atoms with Gasteiger partial charge in [-0.2, -0.15) is 0 Å². The number of nitrogens with one attached hydrogen (secondary N) is 1. The van der Waals surface area contributed by atoms with Crippen molar-refractivity contribution >= 4 is 0 Å². The minimum Gasteiger partial charge on any atom is -0.490 e. The van der Waals surface area contributed by atoms with Crippen LogP contribution in [0.1, 0.15) is 53.0 Å². The SMILES string of the molecule is CCC(O)(CC)COc1cc(F)cc(CNC(C)(C)C)c1. The van der Waals surface area contributed by atoms with Gasteiger partial charge in [0.05, 0.1) is 5.60 Å². The normalized spacial score (nSPS) is 12.5. The van der Waals surface area contributed by atoms with Gasteiger partial charge < -0.3 is 15.2 Å². The third-order valence-electron chi connectivity index (χ3n) is 3.58. The molecule has 0 amide bonds. The Morgan fingerprint density at radius 1 is 1.14 bits per heavy atom. The Labute approximate surface area is 127 Å². The van der Waals surface area contributed by atoms with E-state index < -0.39 is 5.60 Å². The summed E-state index contributed by atoms with van der Waals surface area (Å²) in [6, 6.07) is 4.66. The summed E-state index contributed by atoms with van der Waals surface area (Å²) in [6.07, 6.45) is 1.22. The molecule has 0 aliphatic carbocycles. The van der Waals surface area contributed by atoms with Crippen molar-refractivity contribution in [1.29, 1.82) is 0 Å². The van der Waals surface area contributed by atoms with Gasteiger partial charge in [-0.05, 0) is 51.3 Å². The van der Waals surface area contributed by atoms with Gasteiger partial charge in [0.2, 0.25) is 0 Å². The molecule has 0 heterocycles. The molecule has 0 atom stereocenters. The summed E-state index contributed by atoms with van der Waals surface area (Å²) in [7, 11) is 0. The van der Waals surface area contributed by atoms with E-state index >= 15 is 0 Å². The number of halogens is 1. The van der Waals surface area contributed by atoms with E-state index in [4.69, 9.17) is 4.74 Å². The zero-order valence-electron chi connectivity index (χ0n) is 13.8. The maximum absolute atomic E-state index is 13.7. The van der Waals surface area contributed by atoms with Crippen molar-refractivity contribution in [3.8, 4) is 5.75 Å². The second kappa shape index (κ2) is 7.23. The summed E-state index contributed by atoms with van der Waals surface area (Å²) in [5.74, 6) is 0.135. The number of benzene rings is 1. The van der Waals surface area contributed by atoms with Crippen molar-refractivity contribution in [1.82, 2.24) is 5.32 Å². The molecule has 1 aromatic carbocycles. The van der Waals surface area contributed by atoms with Crippen molar-refractivity contribution in [2.45, 2.75) is 65.1 Å². The Kier molecular flexibility index (Phi) is 6.17. The van der Waals surface area contributed by atoms with Crippen LogP contribution in [0.15, 0.2) is 18.2 Å². The smallest absolute Gasteiger partial charge is 0.127 e. The van der Waals surface area contributed by atoms with Crippen LogP contribution in [-0.2, 0) is 6.54 Å². The molecule has 1 rings (SSSR count). The van der Waals surface area contributed by atoms with Crippen LogP contribution in [0.5, 0.6) is 5.75 Å². The molecule has 0 saturated carbocycles. The second-order valence-electron chi connectivity index (χ2n) is 6.62. The Morgan fingerprint density at radius 3 is 2.29 bits per heavy atom. The van der Waals surface area contributed by atoms with Crippen LogP contribution in [0.2, 0.25) is 0 Å². The van der Waals surface area contributed by atoms with Gasteiger partial charge in [-0.25, -0.2) is 4.39 Å². The first-order valence-corrected chi connectivity index (χ1v) is 7.57. The van der Waals surface area contributed by atoms with Crippen molar-refractivity contribution in [2.75, 3.05) is 6.61 Å². The third-order valence-corrected chi connectivity index (χ3v) is 3.58. The predicted molar refractivity (Wildman–Crippen MR) is 84.0 cm³/mol. The molecule has 1 aromatic rings. The first-order valence-electron chi connectivity index (χ1n) is 7.57. The van der Waals surface area contributed by atoms with Crippen LogP contribution in [0.4, 0.5) is 4.39 Å². The lowest BCUT2D eigenvalue weighted by Crippen LogP contribution is -2.35. The predicted octanol–water partition coefficient (Wildman–Crippen LogP) is 3.64. The van der Waals surface area contributed by atoms with E-state index in [1.807, 2.05) is 19.9 Å². The fraction of sp³-hybridized carbons (Fsp3) is 0.647. The maximum Gasteiger partial charge on any atom is 0.127 e. The van der Waals surface area contributed by atoms with Crippen LogP contribution in [0.25, 0.3) is 0 Å². The van der Waals surface area contributed by atoms with Gasteiger partial charge in [0.25, 0.3) is 0 Å². The standard InChI is InChI=1S/C17H28FNO2/c1-6-17(20,7-2)12-21-15-9-13(8-14(18)10-15)11-19-16(3,4)5/h8-10,19-20H,6-7,11-12H2,1-5H3. The van der Waals surface area contributed by atoms with Crippen LogP contribution < -0.4 is 10.1 Å². The fourth-order valence-electron chi connectivity index (χ4n) is 1.85. The van der Waals surface area contributed by atoms with Gasteiger partial charge in [0, 0.05) is 18.2 Å². The molecule has 0 spiro atoms. The first kappa shape index (κ1) is 17.9. The van der Waals surface area contributed by atoms with Crippen molar-refractivity contribution < 1.29 is 14.2 Å². The lowest BCUT2D eigenvalue weighted by Gasteiger charge is -2.25. The van der Waals surface area contributed by atoms with E-state index in [1.54, 1.807) is 0 Å². The first-order chi connectivity index (χ1) is 9.67. The largest absolute Gasteiger partial charge is 0.490 e. The van der Waals surface area contributed by atoms with E-state index in [9.17, 15) is 9.50 Å². The minimum atomic E-state index is -0.851. The zero-order chi connectivity index (χ0) is 16.1. The molecule has 0 fully saturated rings. The molecule has 0 bridgehead atoms. The van der Waals surface area contributed by atoms with E-state index in [-0.39, 0.29) is 18.0 Å². The molecule has 0 aromatic heterocycles. The van der Waals surface area contributed by atoms with Gasteiger partial charge >= 0.3 is 0 Å². The molecule has 0 radical (unpaired) electrons. The van der Waals surface area contributed by atoms with Crippen LogP contribution in [-0.4, -0.2) is 22.9 Å². The van der Waals surface area contributed by atoms with Crippen LogP contribution in [0.3, 0.4) is 0 Å². The quantitative estimate of drug-likeness (QED) is 0.807. The lowest BCUT2D eigenvalue weighted by atomic mass is 9.99. The average Bonchev–Trinajstić information content (AvgIpc) is 2.41. The minimum absolute atomic E-state index is 0.0298. The van der Waals surface area contributed by atoms with Gasteiger partial charge in [-0.3, -0.25) is 0 Å². The summed E-state index contributed by atoms with van der Waals surface area (Å²) >= 11 is 0. The van der Waals surface area contributed by atoms with Crippen molar-refractivity contribution in [3.63, 3.8) is 0 Å². The van der Waals surface area contributed by atoms with E-state index in [2.05, 4.69) is 26.1 Å². The number of ether oxygens (including phenoxy) is 1. The van der Waals surface area contributed by atoms with E-state index in [0.29, 0.717) is 25.1 Å². The molecule has 21 heavy (non-hydrogen) atoms. The number of aliphatic hydroxyl groups is 1. The zero-order valence-corrected chi connectivity index (χ0v) is 13.8. The van der Waals surface area contributed by atoms with Gasteiger partial charge in [0.15, 0.2) is 0 Å². The monoisotopic (exact) mass is 297 g/mol. The third kappa shape index (κ3) is 6.44. The van der Waals surface area contributed by atoms with Crippen LogP contribution >= 0.6 is 0 Å². The molecule has 0 saturated heterocycles. The second-order valence-corrected chi connectivity index (χ2v) is 6.62. The Hall–Kier alpha value is -1.13. The van der Waals surface area contributed by atoms with Crippen molar-refractivity contribution in [3.05, 3.63) is 29.6 Å². The number of hydrogen-bond acceptors (Lipinski definition) is 3. The summed E-state index contributed by atoms with van der Waals surface area (Å²) in [5.41, 5.74) is -0.0507. The Morgan fingerprint density at radius 2 is 1.76 bits per heavy atom. The Balaban J connectivity index is 2.73. The molecular formula is C17H28FNO2. The highest BCUT2D eigenvalue weighted by Gasteiger charge is 2.23. The van der Waals surface area contributed by atoms with Gasteiger partial charge in [-0.15, -0.1) is 0 Å². The topological polar surface area (TPSA) is 41.5 Å². The molecular weight excluding hydrogens is 269 g/mol. The molecule has 0 aliphatic heterocycles. The molecule has 0 unspecified atom stereocenters. The van der Waals surface area contributed by atoms with Crippen molar-refractivity contribution in [2.24, 2.45) is 0 Å². The highest BCUT2D eigenvalue weighted by atomic mass is 19.1. The van der Waals surface area contributed by atoms with Gasteiger partial charge in [-0.1, -0.05) is 13.8 Å². The summed E-state index contributed by atoms with van der Waals surface area (Å²) < 4.78 is 19.2. The average molecular weight is 297 g/mol. The van der Waals surface area contributed by atoms with E-state index in [0.717, 1.165) is 5.56 Å². The summed E-state index contributed by atoms with van der Waals surface area (Å²) in [6.45, 7) is 10.8. The van der Waals surface area contributed by atoms with E-state index in [1.165, 1.54) is 12.1 Å². The highest BCUT2D eigenvalue weighted by molar-refractivity contribution is 5.29. The maximum atomic E-state index is 13.7. The molecule has 2 N–H and O–H groups in total. The molecule has 3 nitrogen and oxygen atoms in total. The summed E-state index contributed by atoms with van der Waals surface area (Å²) in [4.78, 5) is 0. The molecule has 120 valence electrons. The van der Waals surface area contributed by atoms with Gasteiger partial charge in [0.1, 0.15) is 18.2 Å². The fourth-order valence-corrected chi connectivity index (χ4v) is 1.85. The summed E-state index contributed by atoms with van der Waals surface area (Å²) in [5, 5.41) is 13.5.